The summed E-state index contributed by atoms with van der Waals surface area (Å²) in [6.07, 6.45) is 12.7. The van der Waals surface area contributed by atoms with E-state index >= 15 is 0 Å². The van der Waals surface area contributed by atoms with E-state index in [1.165, 1.54) is 0 Å². The van der Waals surface area contributed by atoms with Crippen LogP contribution in [0.25, 0.3) is 12.2 Å². The second-order valence-electron chi connectivity index (χ2n) is 6.29. The Morgan fingerprint density at radius 2 is 1.58 bits per heavy atom. The van der Waals surface area contributed by atoms with Gasteiger partial charge in [0.2, 0.25) is 0 Å². The Balaban J connectivity index is 1.66. The SMILES string of the molecule is CN1CCN(C(=S)NN=c2c3n(n4c2=CC=CC4)CC=CC=3)CC1. The first-order valence-corrected chi connectivity index (χ1v) is 8.75. The Morgan fingerprint density at radius 3 is 2.17 bits per heavy atom. The summed E-state index contributed by atoms with van der Waals surface area (Å²) in [5.41, 5.74) is 3.12. The fourth-order valence-corrected chi connectivity index (χ4v) is 3.53. The van der Waals surface area contributed by atoms with Gasteiger partial charge in [0, 0.05) is 26.2 Å². The fourth-order valence-electron chi connectivity index (χ4n) is 3.30. The van der Waals surface area contributed by atoms with Gasteiger partial charge in [-0.05, 0) is 31.4 Å². The van der Waals surface area contributed by atoms with Crippen LogP contribution >= 0.6 is 12.2 Å². The molecule has 0 aliphatic carbocycles. The van der Waals surface area contributed by atoms with E-state index in [1.807, 2.05) is 0 Å². The summed E-state index contributed by atoms with van der Waals surface area (Å²) >= 11 is 5.54. The smallest absolute Gasteiger partial charge is 0.189 e. The van der Waals surface area contributed by atoms with Gasteiger partial charge < -0.3 is 9.80 Å². The van der Waals surface area contributed by atoms with E-state index < -0.39 is 0 Å². The van der Waals surface area contributed by atoms with Gasteiger partial charge in [0.1, 0.15) is 5.36 Å². The lowest BCUT2D eigenvalue weighted by Gasteiger charge is -2.33. The lowest BCUT2D eigenvalue weighted by molar-refractivity contribution is 0.214. The standard InChI is InChI=1S/C17H22N6S/c1-20-10-12-21(13-11-20)17(24)19-18-16-14-6-2-4-8-22(14)23-9-5-3-7-15(16)23/h2-7H,8-13H2,1H3,(H,19,24). The van der Waals surface area contributed by atoms with E-state index in [1.54, 1.807) is 0 Å². The molecule has 6 nitrogen and oxygen atoms in total. The van der Waals surface area contributed by atoms with E-state index in [-0.39, 0.29) is 0 Å². The Morgan fingerprint density at radius 1 is 1.00 bits per heavy atom. The largest absolute Gasteiger partial charge is 0.345 e. The maximum absolute atomic E-state index is 5.54. The van der Waals surface area contributed by atoms with Gasteiger partial charge in [-0.15, -0.1) is 0 Å². The van der Waals surface area contributed by atoms with Crippen molar-refractivity contribution in [3.63, 3.8) is 0 Å². The molecule has 0 amide bonds. The Labute approximate surface area is 146 Å². The topological polar surface area (TPSA) is 40.7 Å². The maximum Gasteiger partial charge on any atom is 0.189 e. The zero-order valence-corrected chi connectivity index (χ0v) is 14.7. The number of piperazine rings is 1. The molecule has 126 valence electrons. The van der Waals surface area contributed by atoms with Gasteiger partial charge in [0.25, 0.3) is 0 Å². The molecule has 0 spiro atoms. The van der Waals surface area contributed by atoms with Crippen LogP contribution in [-0.4, -0.2) is 57.5 Å². The molecule has 1 fully saturated rings. The summed E-state index contributed by atoms with van der Waals surface area (Å²) in [6, 6.07) is 0. The van der Waals surface area contributed by atoms with Crippen molar-refractivity contribution in [3.8, 4) is 0 Å². The highest BCUT2D eigenvalue weighted by atomic mass is 32.1. The number of likely N-dealkylation sites (N-methyl/N-ethyl adjacent to an activating group) is 1. The van der Waals surface area contributed by atoms with E-state index in [4.69, 9.17) is 12.2 Å². The van der Waals surface area contributed by atoms with Crippen LogP contribution in [0.15, 0.2) is 29.4 Å². The molecule has 3 aliphatic heterocycles. The minimum Gasteiger partial charge on any atom is -0.345 e. The van der Waals surface area contributed by atoms with Crippen LogP contribution in [0.4, 0.5) is 0 Å². The predicted octanol–water partition coefficient (Wildman–Crippen LogP) is -1.07. The number of hydrogen-bond acceptors (Lipinski definition) is 3. The number of aromatic nitrogens is 2. The summed E-state index contributed by atoms with van der Waals surface area (Å²) in [5.74, 6) is 0. The van der Waals surface area contributed by atoms with Crippen molar-refractivity contribution < 1.29 is 0 Å². The first kappa shape index (κ1) is 15.4. The first-order chi connectivity index (χ1) is 11.7. The molecule has 0 bridgehead atoms. The van der Waals surface area contributed by atoms with Gasteiger partial charge in [-0.3, -0.25) is 14.8 Å². The zero-order valence-electron chi connectivity index (χ0n) is 13.9. The lowest BCUT2D eigenvalue weighted by atomic mass is 10.3. The Kier molecular flexibility index (Phi) is 4.12. The third-order valence-electron chi connectivity index (χ3n) is 4.72. The molecule has 0 unspecified atom stereocenters. The van der Waals surface area contributed by atoms with Crippen LogP contribution in [0.1, 0.15) is 0 Å². The molecule has 3 aliphatic rings. The number of nitrogens with one attached hydrogen (secondary N) is 1. The zero-order chi connectivity index (χ0) is 16.5. The van der Waals surface area contributed by atoms with Gasteiger partial charge in [0.15, 0.2) is 5.11 Å². The van der Waals surface area contributed by atoms with Gasteiger partial charge >= 0.3 is 0 Å². The molecule has 4 heterocycles. The Bertz CT molecular complexity index is 840. The van der Waals surface area contributed by atoms with E-state index in [0.717, 1.165) is 55.3 Å². The third-order valence-corrected chi connectivity index (χ3v) is 5.07. The highest BCUT2D eigenvalue weighted by molar-refractivity contribution is 7.80. The van der Waals surface area contributed by atoms with Crippen LogP contribution in [0.3, 0.4) is 0 Å². The van der Waals surface area contributed by atoms with Gasteiger partial charge in [-0.1, -0.05) is 24.3 Å². The second-order valence-corrected chi connectivity index (χ2v) is 6.68. The van der Waals surface area contributed by atoms with E-state index in [9.17, 15) is 0 Å². The predicted molar refractivity (Wildman–Crippen MR) is 99.2 cm³/mol. The van der Waals surface area contributed by atoms with Crippen molar-refractivity contribution in [2.45, 2.75) is 13.1 Å². The molecule has 0 atom stereocenters. The summed E-state index contributed by atoms with van der Waals surface area (Å²) in [7, 11) is 2.14. The number of rotatable bonds is 1. The fraction of sp³-hybridized carbons (Fsp3) is 0.412. The molecular formula is C17H22N6S. The number of nitrogens with zero attached hydrogens (tertiary/aromatic N) is 5. The van der Waals surface area contributed by atoms with Crippen LogP contribution < -0.4 is 21.5 Å². The second kappa shape index (κ2) is 6.41. The summed E-state index contributed by atoms with van der Waals surface area (Å²) in [4.78, 5) is 4.50. The minimum absolute atomic E-state index is 0.708. The monoisotopic (exact) mass is 342 g/mol. The summed E-state index contributed by atoms with van der Waals surface area (Å²) < 4.78 is 4.52. The van der Waals surface area contributed by atoms with Crippen molar-refractivity contribution in [1.82, 2.24) is 24.6 Å². The van der Waals surface area contributed by atoms with Crippen LogP contribution in [-0.2, 0) is 13.1 Å². The summed E-state index contributed by atoms with van der Waals surface area (Å²) in [5, 5.41) is 8.59. The van der Waals surface area contributed by atoms with Crippen LogP contribution in [0, 0.1) is 0 Å². The van der Waals surface area contributed by atoms with Crippen molar-refractivity contribution in [2.24, 2.45) is 5.10 Å². The van der Waals surface area contributed by atoms with Crippen molar-refractivity contribution in [2.75, 3.05) is 33.2 Å². The number of hydrogen-bond donors (Lipinski definition) is 1. The number of thiocarbonyl (C=S) groups is 1. The molecule has 24 heavy (non-hydrogen) atoms. The molecule has 7 heteroatoms. The van der Waals surface area contributed by atoms with Crippen molar-refractivity contribution in [3.05, 3.63) is 40.4 Å². The number of fused-ring (bicyclic) bond motifs is 3. The van der Waals surface area contributed by atoms with Crippen molar-refractivity contribution in [1.29, 1.82) is 0 Å². The molecule has 1 N–H and O–H groups in total. The Hall–Kier alpha value is -2.12. The highest BCUT2D eigenvalue weighted by Crippen LogP contribution is 1.99. The number of allylic oxidation sites excluding steroid dienone is 4. The van der Waals surface area contributed by atoms with Crippen LogP contribution in [0.5, 0.6) is 0 Å². The minimum atomic E-state index is 0.708. The average Bonchev–Trinajstić information content (AvgIpc) is 2.94. The maximum atomic E-state index is 5.54. The van der Waals surface area contributed by atoms with Gasteiger partial charge in [0.05, 0.1) is 23.8 Å². The molecule has 0 saturated carbocycles. The van der Waals surface area contributed by atoms with Gasteiger partial charge in [-0.25, -0.2) is 0 Å². The lowest BCUT2D eigenvalue weighted by Crippen LogP contribution is -2.50. The third kappa shape index (κ3) is 2.74. The summed E-state index contributed by atoms with van der Waals surface area (Å²) in [6.45, 7) is 5.71. The molecular weight excluding hydrogens is 320 g/mol. The first-order valence-electron chi connectivity index (χ1n) is 8.34. The molecule has 0 aromatic carbocycles. The quantitative estimate of drug-likeness (QED) is 0.521. The van der Waals surface area contributed by atoms with Crippen molar-refractivity contribution >= 4 is 29.5 Å². The average molecular weight is 342 g/mol. The van der Waals surface area contributed by atoms with Crippen LogP contribution in [0.2, 0.25) is 0 Å². The molecule has 4 rings (SSSR count). The molecule has 1 saturated heterocycles. The molecule has 1 aromatic rings. The molecule has 0 radical (unpaired) electrons. The van der Waals surface area contributed by atoms with Gasteiger partial charge in [-0.2, -0.15) is 5.10 Å². The van der Waals surface area contributed by atoms with E-state index in [2.05, 4.69) is 73.2 Å². The normalized spacial score (nSPS) is 19.1. The van der Waals surface area contributed by atoms with E-state index in [0.29, 0.717) is 5.11 Å². The molecule has 1 aromatic heterocycles. The highest BCUT2D eigenvalue weighted by Gasteiger charge is 2.16.